The largest absolute Gasteiger partial charge is 0.490 e. The molecular weight excluding hydrogens is 694 g/mol. The fraction of sp³-hybridized carbons (Fsp3) is 0.148. The highest BCUT2D eigenvalue weighted by Gasteiger charge is 2.36. The summed E-state index contributed by atoms with van der Waals surface area (Å²) in [6.07, 6.45) is 1.55. The molecule has 4 rings (SSSR count). The van der Waals surface area contributed by atoms with Crippen molar-refractivity contribution in [2.24, 2.45) is 0 Å². The van der Waals surface area contributed by atoms with E-state index >= 15 is 0 Å². The van der Waals surface area contributed by atoms with Crippen LogP contribution in [0.15, 0.2) is 59.5 Å². The van der Waals surface area contributed by atoms with Crippen LogP contribution < -0.4 is 9.47 Å². The molecule has 9 nitrogen and oxygen atoms in total. The molecular formula is C27H19Cl2IN2O7S. The Bertz CT molecular complexity index is 1550. The summed E-state index contributed by atoms with van der Waals surface area (Å²) in [6, 6.07) is 13.6. The average molecular weight is 713 g/mol. The van der Waals surface area contributed by atoms with Gasteiger partial charge in [-0.15, -0.1) is 0 Å². The van der Waals surface area contributed by atoms with E-state index < -0.39 is 28.4 Å². The first kappa shape index (κ1) is 29.8. The summed E-state index contributed by atoms with van der Waals surface area (Å²) < 4.78 is 12.5. The lowest BCUT2D eigenvalue weighted by molar-refractivity contribution is -0.384. The maximum Gasteiger partial charge on any atom is 0.293 e. The fourth-order valence-corrected chi connectivity index (χ4v) is 5.74. The second-order valence-electron chi connectivity index (χ2n) is 8.28. The number of hydrogen-bond donors (Lipinski definition) is 0. The number of benzene rings is 3. The zero-order chi connectivity index (χ0) is 29.0. The Morgan fingerprint density at radius 3 is 2.48 bits per heavy atom. The van der Waals surface area contributed by atoms with Crippen LogP contribution >= 0.6 is 57.6 Å². The summed E-state index contributed by atoms with van der Waals surface area (Å²) in [5, 5.41) is 11.2. The monoisotopic (exact) mass is 712 g/mol. The van der Waals surface area contributed by atoms with E-state index in [2.05, 4.69) is 22.6 Å². The van der Waals surface area contributed by atoms with E-state index in [4.69, 9.17) is 32.7 Å². The second-order valence-corrected chi connectivity index (χ2v) is 11.3. The number of amides is 2. The molecule has 0 radical (unpaired) electrons. The third-order valence-corrected chi connectivity index (χ3v) is 7.89. The number of carbonyl (C=O) groups is 3. The van der Waals surface area contributed by atoms with Crippen LogP contribution in [0, 0.1) is 13.7 Å². The number of carbonyl (C=O) groups excluding carboxylic acids is 3. The van der Waals surface area contributed by atoms with Gasteiger partial charge in [-0.3, -0.25) is 29.4 Å². The standard InChI is InChI=1S/C27H19Cl2IN2O7S/c1-2-38-23-10-15(9-21(30)25(23)39-14-17-3-6-18(28)12-20(17)29)11-24-26(34)31(27(35)40-24)13-22(33)16-4-7-19(8-5-16)32(36)37/h3-12H,2,13-14H2,1H3/b24-11+. The van der Waals surface area contributed by atoms with E-state index in [9.17, 15) is 24.5 Å². The van der Waals surface area contributed by atoms with Gasteiger partial charge in [-0.1, -0.05) is 29.3 Å². The van der Waals surface area contributed by atoms with E-state index in [1.807, 2.05) is 6.92 Å². The number of halogens is 3. The van der Waals surface area contributed by atoms with E-state index in [0.29, 0.717) is 49.0 Å². The molecule has 3 aromatic carbocycles. The number of nitro benzene ring substituents is 1. The van der Waals surface area contributed by atoms with Crippen LogP contribution in [-0.4, -0.2) is 39.9 Å². The summed E-state index contributed by atoms with van der Waals surface area (Å²) in [5.74, 6) is -0.199. The molecule has 0 atom stereocenters. The summed E-state index contributed by atoms with van der Waals surface area (Å²) in [5.41, 5.74) is 1.32. The highest BCUT2D eigenvalue weighted by molar-refractivity contribution is 14.1. The molecule has 206 valence electrons. The van der Waals surface area contributed by atoms with Gasteiger partial charge in [0.1, 0.15) is 6.61 Å². The molecule has 1 heterocycles. The van der Waals surface area contributed by atoms with Crippen LogP contribution in [0.25, 0.3) is 6.08 Å². The molecule has 0 saturated carbocycles. The van der Waals surface area contributed by atoms with Crippen LogP contribution in [0.5, 0.6) is 11.5 Å². The Labute approximate surface area is 256 Å². The van der Waals surface area contributed by atoms with E-state index in [-0.39, 0.29) is 22.8 Å². The second kappa shape index (κ2) is 13.0. The van der Waals surface area contributed by atoms with Gasteiger partial charge in [0.15, 0.2) is 17.3 Å². The summed E-state index contributed by atoms with van der Waals surface area (Å²) in [7, 11) is 0. The Hall–Kier alpha value is -3.13. The zero-order valence-electron chi connectivity index (χ0n) is 20.7. The Kier molecular flexibility index (Phi) is 9.72. The lowest BCUT2D eigenvalue weighted by Crippen LogP contribution is -2.33. The normalized spacial score (nSPS) is 14.1. The molecule has 0 aliphatic carbocycles. The van der Waals surface area contributed by atoms with Gasteiger partial charge in [-0.2, -0.15) is 0 Å². The highest BCUT2D eigenvalue weighted by Crippen LogP contribution is 2.38. The highest BCUT2D eigenvalue weighted by atomic mass is 127. The van der Waals surface area contributed by atoms with Gasteiger partial charge < -0.3 is 9.47 Å². The third kappa shape index (κ3) is 6.95. The van der Waals surface area contributed by atoms with Gasteiger partial charge >= 0.3 is 0 Å². The van der Waals surface area contributed by atoms with Crippen LogP contribution in [0.2, 0.25) is 10.0 Å². The van der Waals surface area contributed by atoms with Crippen molar-refractivity contribution in [2.45, 2.75) is 13.5 Å². The minimum absolute atomic E-state index is 0.140. The minimum atomic E-state index is -0.615. The number of Topliss-reactive ketones (excluding diaryl/α,β-unsaturated/α-hetero) is 1. The molecule has 0 bridgehead atoms. The summed E-state index contributed by atoms with van der Waals surface area (Å²) >= 11 is 15.0. The number of nitro groups is 1. The number of hydrogen-bond acceptors (Lipinski definition) is 8. The molecule has 3 aromatic rings. The van der Waals surface area contributed by atoms with Crippen molar-refractivity contribution < 1.29 is 28.8 Å². The van der Waals surface area contributed by atoms with E-state index in [1.54, 1.807) is 36.4 Å². The third-order valence-electron chi connectivity index (χ3n) is 5.59. The van der Waals surface area contributed by atoms with Gasteiger partial charge in [0.25, 0.3) is 16.8 Å². The molecule has 0 aromatic heterocycles. The first-order valence-corrected chi connectivity index (χ1v) is 14.3. The number of ether oxygens (including phenoxy) is 2. The molecule has 0 N–H and O–H groups in total. The van der Waals surface area contributed by atoms with Crippen molar-refractivity contribution in [1.82, 2.24) is 4.90 Å². The average Bonchev–Trinajstić information content (AvgIpc) is 3.16. The van der Waals surface area contributed by atoms with Crippen molar-refractivity contribution in [3.8, 4) is 11.5 Å². The van der Waals surface area contributed by atoms with Crippen molar-refractivity contribution in [3.63, 3.8) is 0 Å². The predicted octanol–water partition coefficient (Wildman–Crippen LogP) is 7.40. The number of nitrogens with zero attached hydrogens (tertiary/aromatic N) is 2. The van der Waals surface area contributed by atoms with E-state index in [0.717, 1.165) is 10.5 Å². The molecule has 1 aliphatic rings. The molecule has 40 heavy (non-hydrogen) atoms. The number of ketones is 1. The minimum Gasteiger partial charge on any atom is -0.490 e. The van der Waals surface area contributed by atoms with Crippen molar-refractivity contribution in [3.05, 3.63) is 99.9 Å². The maximum absolute atomic E-state index is 13.0. The first-order chi connectivity index (χ1) is 19.1. The predicted molar refractivity (Wildman–Crippen MR) is 161 cm³/mol. The van der Waals surface area contributed by atoms with Gasteiger partial charge in [0.05, 0.1) is 26.6 Å². The molecule has 1 saturated heterocycles. The number of rotatable bonds is 10. The first-order valence-electron chi connectivity index (χ1n) is 11.6. The van der Waals surface area contributed by atoms with Crippen LogP contribution in [0.1, 0.15) is 28.4 Å². The smallest absolute Gasteiger partial charge is 0.293 e. The summed E-state index contributed by atoms with van der Waals surface area (Å²) in [6.45, 7) is 1.88. The SMILES string of the molecule is CCOc1cc(/C=C2/SC(=O)N(CC(=O)c3ccc([N+](=O)[O-])cc3)C2=O)cc(I)c1OCc1ccc(Cl)cc1Cl. The molecule has 2 amide bonds. The maximum atomic E-state index is 13.0. The Balaban J connectivity index is 1.52. The number of thioether (sulfide) groups is 1. The molecule has 0 spiro atoms. The Morgan fingerprint density at radius 1 is 1.10 bits per heavy atom. The van der Waals surface area contributed by atoms with Crippen molar-refractivity contribution in [2.75, 3.05) is 13.2 Å². The fourth-order valence-electron chi connectivity index (χ4n) is 3.65. The molecule has 1 aliphatic heterocycles. The zero-order valence-corrected chi connectivity index (χ0v) is 25.2. The van der Waals surface area contributed by atoms with Crippen molar-refractivity contribution in [1.29, 1.82) is 0 Å². The molecule has 1 fully saturated rings. The lowest BCUT2D eigenvalue weighted by atomic mass is 10.1. The van der Waals surface area contributed by atoms with Crippen LogP contribution in [0.4, 0.5) is 10.5 Å². The van der Waals surface area contributed by atoms with E-state index in [1.165, 1.54) is 24.3 Å². The number of imide groups is 1. The van der Waals surface area contributed by atoms with Gasteiger partial charge in [0.2, 0.25) is 0 Å². The Morgan fingerprint density at radius 2 is 1.82 bits per heavy atom. The van der Waals surface area contributed by atoms with Crippen molar-refractivity contribution >= 4 is 86.2 Å². The lowest BCUT2D eigenvalue weighted by Gasteiger charge is -2.15. The summed E-state index contributed by atoms with van der Waals surface area (Å²) in [4.78, 5) is 49.5. The van der Waals surface area contributed by atoms with Crippen LogP contribution in [-0.2, 0) is 11.4 Å². The van der Waals surface area contributed by atoms with Crippen LogP contribution in [0.3, 0.4) is 0 Å². The van der Waals surface area contributed by atoms with Gasteiger partial charge in [-0.05, 0) is 89.3 Å². The van der Waals surface area contributed by atoms with Gasteiger partial charge in [-0.25, -0.2) is 0 Å². The topological polar surface area (TPSA) is 116 Å². The van der Waals surface area contributed by atoms with Gasteiger partial charge in [0, 0.05) is 33.3 Å². The number of non-ortho nitro benzene ring substituents is 1. The molecule has 13 heteroatoms. The molecule has 0 unspecified atom stereocenters. The quantitative estimate of drug-likeness (QED) is 0.0702.